The summed E-state index contributed by atoms with van der Waals surface area (Å²) in [6, 6.07) is 12.6. The number of aldehydes is 1. The monoisotopic (exact) mass is 408 g/mol. The Morgan fingerprint density at radius 2 is 1.75 bits per heavy atom. The summed E-state index contributed by atoms with van der Waals surface area (Å²) in [7, 11) is 2.15. The molecule has 0 atom stereocenters. The molecule has 0 unspecified atom stereocenters. The average Bonchev–Trinajstić information content (AvgIpc) is 2.60. The summed E-state index contributed by atoms with van der Waals surface area (Å²) in [5, 5.41) is 3.27. The van der Waals surface area contributed by atoms with Gasteiger partial charge < -0.3 is 15.0 Å². The zero-order valence-corrected chi connectivity index (χ0v) is 16.0. The van der Waals surface area contributed by atoms with Crippen LogP contribution in [0.15, 0.2) is 51.8 Å². The van der Waals surface area contributed by atoms with Gasteiger partial charge in [-0.05, 0) is 49.5 Å². The summed E-state index contributed by atoms with van der Waals surface area (Å²) in [5.41, 5.74) is 0.563. The maximum absolute atomic E-state index is 10.8. The zero-order chi connectivity index (χ0) is 17.4. The molecule has 2 aromatic rings. The van der Waals surface area contributed by atoms with E-state index < -0.39 is 0 Å². The highest BCUT2D eigenvalue weighted by molar-refractivity contribution is 9.10. The zero-order valence-electron chi connectivity index (χ0n) is 13.5. The van der Waals surface area contributed by atoms with Crippen LogP contribution in [-0.4, -0.2) is 44.4 Å². The lowest BCUT2D eigenvalue weighted by molar-refractivity contribution is 0.112. The van der Waals surface area contributed by atoms with Crippen LogP contribution >= 0.6 is 28.6 Å². The molecule has 3 rings (SSSR count). The van der Waals surface area contributed by atoms with Crippen molar-refractivity contribution in [2.75, 3.05) is 33.2 Å². The molecular weight excluding hydrogens is 388 g/mol. The van der Waals surface area contributed by atoms with Crippen LogP contribution in [0.3, 0.4) is 0 Å². The van der Waals surface area contributed by atoms with Crippen LogP contribution in [0.1, 0.15) is 10.4 Å². The number of hydrogen-bond acceptors (Lipinski definition) is 5. The first-order chi connectivity index (χ1) is 11.6. The van der Waals surface area contributed by atoms with Gasteiger partial charge in [-0.2, -0.15) is 0 Å². The van der Waals surface area contributed by atoms with Gasteiger partial charge in [0.05, 0.1) is 0 Å². The van der Waals surface area contributed by atoms with E-state index in [1.807, 2.05) is 24.3 Å². The van der Waals surface area contributed by atoms with Crippen molar-refractivity contribution in [1.82, 2.24) is 10.2 Å². The van der Waals surface area contributed by atoms with Gasteiger partial charge in [-0.15, -0.1) is 12.6 Å². The van der Waals surface area contributed by atoms with Crippen LogP contribution < -0.4 is 10.1 Å². The van der Waals surface area contributed by atoms with Crippen molar-refractivity contribution >= 4 is 34.8 Å². The molecule has 0 amide bonds. The molecule has 6 heteroatoms. The number of thiol groups is 1. The third kappa shape index (κ3) is 6.28. The quantitative estimate of drug-likeness (QED) is 0.597. The lowest BCUT2D eigenvalue weighted by Gasteiger charge is -2.21. The third-order valence-corrected chi connectivity index (χ3v) is 4.53. The van der Waals surface area contributed by atoms with Crippen molar-refractivity contribution in [3.05, 3.63) is 52.5 Å². The fourth-order valence-corrected chi connectivity index (χ4v) is 2.59. The summed E-state index contributed by atoms with van der Waals surface area (Å²) in [5.74, 6) is 1.34. The third-order valence-electron chi connectivity index (χ3n) is 3.51. The minimum Gasteiger partial charge on any atom is -0.457 e. The standard InChI is InChI=1S/C13H9BrO2S.C5H12N2/c14-13-6-3-11(7-9(13)8-15)16-10-1-4-12(17)5-2-10;1-7-4-2-6-3-5-7/h1-8,17H;6H,2-5H2,1H3. The number of carbonyl (C=O) groups is 1. The molecule has 1 saturated heterocycles. The lowest BCUT2D eigenvalue weighted by atomic mass is 10.2. The van der Waals surface area contributed by atoms with E-state index in [-0.39, 0.29) is 0 Å². The Bertz CT molecular complexity index is 659. The fraction of sp³-hybridized carbons (Fsp3) is 0.278. The molecule has 128 valence electrons. The Morgan fingerprint density at radius 3 is 2.29 bits per heavy atom. The van der Waals surface area contributed by atoms with Gasteiger partial charge in [0.2, 0.25) is 0 Å². The molecule has 0 saturated carbocycles. The highest BCUT2D eigenvalue weighted by Gasteiger charge is 2.03. The van der Waals surface area contributed by atoms with Gasteiger partial charge in [0.25, 0.3) is 0 Å². The number of ether oxygens (including phenoxy) is 1. The summed E-state index contributed by atoms with van der Waals surface area (Å²) in [6.45, 7) is 4.74. The van der Waals surface area contributed by atoms with Crippen molar-refractivity contribution in [3.8, 4) is 11.5 Å². The van der Waals surface area contributed by atoms with E-state index in [2.05, 4.69) is 45.8 Å². The smallest absolute Gasteiger partial charge is 0.151 e. The van der Waals surface area contributed by atoms with E-state index in [0.29, 0.717) is 17.1 Å². The van der Waals surface area contributed by atoms with Crippen molar-refractivity contribution < 1.29 is 9.53 Å². The largest absolute Gasteiger partial charge is 0.457 e. The van der Waals surface area contributed by atoms with Crippen molar-refractivity contribution in [3.63, 3.8) is 0 Å². The van der Waals surface area contributed by atoms with E-state index in [0.717, 1.165) is 28.7 Å². The Hall–Kier alpha value is -1.34. The summed E-state index contributed by atoms with van der Waals surface area (Å²) in [4.78, 5) is 14.0. The molecule has 1 aliphatic rings. The molecule has 1 heterocycles. The lowest BCUT2D eigenvalue weighted by Crippen LogP contribution is -2.40. The van der Waals surface area contributed by atoms with Crippen LogP contribution in [-0.2, 0) is 0 Å². The normalized spacial score (nSPS) is 14.5. The van der Waals surface area contributed by atoms with E-state index in [9.17, 15) is 4.79 Å². The molecule has 0 aliphatic carbocycles. The van der Waals surface area contributed by atoms with Crippen LogP contribution in [0.5, 0.6) is 11.5 Å². The van der Waals surface area contributed by atoms with E-state index >= 15 is 0 Å². The minimum atomic E-state index is 0.563. The number of hydrogen-bond donors (Lipinski definition) is 2. The van der Waals surface area contributed by atoms with Gasteiger partial charge >= 0.3 is 0 Å². The molecule has 0 bridgehead atoms. The van der Waals surface area contributed by atoms with Crippen molar-refractivity contribution in [2.45, 2.75) is 4.90 Å². The average molecular weight is 409 g/mol. The molecule has 0 spiro atoms. The van der Waals surface area contributed by atoms with Gasteiger partial charge in [-0.3, -0.25) is 4.79 Å². The van der Waals surface area contributed by atoms with Crippen LogP contribution in [0.2, 0.25) is 0 Å². The summed E-state index contributed by atoms with van der Waals surface area (Å²) in [6.07, 6.45) is 0.785. The summed E-state index contributed by atoms with van der Waals surface area (Å²) < 4.78 is 6.37. The predicted octanol–water partition coefficient (Wildman–Crippen LogP) is 3.86. The second-order valence-electron chi connectivity index (χ2n) is 5.45. The number of nitrogens with one attached hydrogen (secondary N) is 1. The van der Waals surface area contributed by atoms with Crippen molar-refractivity contribution in [1.29, 1.82) is 0 Å². The second-order valence-corrected chi connectivity index (χ2v) is 6.82. The second kappa shape index (κ2) is 9.84. The van der Waals surface area contributed by atoms with E-state index in [4.69, 9.17) is 4.74 Å². The first-order valence-electron chi connectivity index (χ1n) is 7.69. The number of rotatable bonds is 3. The van der Waals surface area contributed by atoms with E-state index in [1.54, 1.807) is 18.2 Å². The fourth-order valence-electron chi connectivity index (χ4n) is 2.10. The molecule has 2 aromatic carbocycles. The molecular formula is C18H21BrN2O2S. The molecule has 1 fully saturated rings. The topological polar surface area (TPSA) is 41.6 Å². The Labute approximate surface area is 156 Å². The Morgan fingerprint density at radius 1 is 1.12 bits per heavy atom. The first kappa shape index (κ1) is 19.0. The Kier molecular flexibility index (Phi) is 7.78. The molecule has 1 aliphatic heterocycles. The molecule has 24 heavy (non-hydrogen) atoms. The van der Waals surface area contributed by atoms with Crippen LogP contribution in [0, 0.1) is 0 Å². The SMILES string of the molecule is CN1CCNCC1.O=Cc1cc(Oc2ccc(S)cc2)ccc1Br. The van der Waals surface area contributed by atoms with Gasteiger partial charge in [0, 0.05) is 41.1 Å². The van der Waals surface area contributed by atoms with Gasteiger partial charge in [0.15, 0.2) is 6.29 Å². The number of carbonyl (C=O) groups excluding carboxylic acids is 1. The molecule has 0 radical (unpaired) electrons. The number of benzene rings is 2. The maximum atomic E-state index is 10.8. The Balaban J connectivity index is 0.000000249. The number of likely N-dealkylation sites (N-methyl/N-ethyl adjacent to an activating group) is 1. The predicted molar refractivity (Wildman–Crippen MR) is 104 cm³/mol. The highest BCUT2D eigenvalue weighted by atomic mass is 79.9. The number of halogens is 1. The molecule has 1 N–H and O–H groups in total. The van der Waals surface area contributed by atoms with Crippen LogP contribution in [0.25, 0.3) is 0 Å². The highest BCUT2D eigenvalue weighted by Crippen LogP contribution is 2.26. The van der Waals surface area contributed by atoms with Gasteiger partial charge in [-0.1, -0.05) is 15.9 Å². The van der Waals surface area contributed by atoms with Crippen LogP contribution in [0.4, 0.5) is 0 Å². The number of nitrogens with zero attached hydrogens (tertiary/aromatic N) is 1. The molecule has 4 nitrogen and oxygen atoms in total. The molecule has 0 aromatic heterocycles. The minimum absolute atomic E-state index is 0.563. The summed E-state index contributed by atoms with van der Waals surface area (Å²) >= 11 is 7.48. The van der Waals surface area contributed by atoms with E-state index in [1.165, 1.54) is 13.1 Å². The van der Waals surface area contributed by atoms with Gasteiger partial charge in [-0.25, -0.2) is 0 Å². The van der Waals surface area contributed by atoms with Crippen molar-refractivity contribution in [2.24, 2.45) is 0 Å². The first-order valence-corrected chi connectivity index (χ1v) is 8.93. The van der Waals surface area contributed by atoms with Gasteiger partial charge in [0.1, 0.15) is 11.5 Å². The maximum Gasteiger partial charge on any atom is 0.151 e. The number of piperazine rings is 1.